The Morgan fingerprint density at radius 3 is 2.14 bits per heavy atom. The molecule has 0 fully saturated rings. The summed E-state index contributed by atoms with van der Waals surface area (Å²) in [6.45, 7) is 3.05. The van der Waals surface area contributed by atoms with Gasteiger partial charge in [0.15, 0.2) is 0 Å². The van der Waals surface area contributed by atoms with Gasteiger partial charge in [0.25, 0.3) is 10.0 Å². The van der Waals surface area contributed by atoms with E-state index in [1.807, 2.05) is 6.92 Å². The predicted octanol–water partition coefficient (Wildman–Crippen LogP) is 2.69. The first-order valence-electron chi connectivity index (χ1n) is 6.54. The average molecular weight is 317 g/mol. The zero-order chi connectivity index (χ0) is 16.2. The molecular weight excluding hydrogens is 302 g/mol. The van der Waals surface area contributed by atoms with Crippen molar-refractivity contribution in [2.75, 3.05) is 0 Å². The summed E-state index contributed by atoms with van der Waals surface area (Å²) in [7, 11) is -3.96. The third-order valence-corrected chi connectivity index (χ3v) is 4.06. The molecule has 0 saturated carbocycles. The maximum absolute atomic E-state index is 12.3. The summed E-state index contributed by atoms with van der Waals surface area (Å²) in [6.07, 6.45) is 0. The van der Waals surface area contributed by atoms with Gasteiger partial charge in [-0.1, -0.05) is 35.9 Å². The summed E-state index contributed by atoms with van der Waals surface area (Å²) < 4.78 is 33.3. The van der Waals surface area contributed by atoms with E-state index >= 15 is 0 Å². The van der Waals surface area contributed by atoms with E-state index in [1.165, 1.54) is 19.1 Å². The number of benzene rings is 2. The Morgan fingerprint density at radius 1 is 1.00 bits per heavy atom. The SMILES string of the molecule is CC(=O)O/C(=N/S(=O)(=O)c1ccc(C)cc1)c1ccccc1. The van der Waals surface area contributed by atoms with Crippen molar-refractivity contribution >= 4 is 21.9 Å². The number of carbonyl (C=O) groups excluding carboxylic acids is 1. The lowest BCUT2D eigenvalue weighted by molar-refractivity contribution is -0.132. The molecule has 0 aromatic heterocycles. The summed E-state index contributed by atoms with van der Waals surface area (Å²) >= 11 is 0. The highest BCUT2D eigenvalue weighted by atomic mass is 32.2. The summed E-state index contributed by atoms with van der Waals surface area (Å²) in [5.41, 5.74) is 1.35. The Hall–Kier alpha value is -2.47. The van der Waals surface area contributed by atoms with Crippen LogP contribution in [0, 0.1) is 6.92 Å². The van der Waals surface area contributed by atoms with E-state index in [0.717, 1.165) is 5.56 Å². The van der Waals surface area contributed by atoms with E-state index < -0.39 is 16.0 Å². The summed E-state index contributed by atoms with van der Waals surface area (Å²) in [4.78, 5) is 11.2. The van der Waals surface area contributed by atoms with Gasteiger partial charge in [-0.2, -0.15) is 8.42 Å². The summed E-state index contributed by atoms with van der Waals surface area (Å²) in [6, 6.07) is 14.7. The number of hydrogen-bond acceptors (Lipinski definition) is 4. The second-order valence-electron chi connectivity index (χ2n) is 4.64. The number of carbonyl (C=O) groups is 1. The monoisotopic (exact) mass is 317 g/mol. The molecule has 0 aliphatic heterocycles. The second kappa shape index (κ2) is 6.53. The van der Waals surface area contributed by atoms with E-state index in [4.69, 9.17) is 4.74 Å². The van der Waals surface area contributed by atoms with Crippen LogP contribution in [0.5, 0.6) is 0 Å². The first-order chi connectivity index (χ1) is 10.4. The first kappa shape index (κ1) is 15.9. The zero-order valence-electron chi connectivity index (χ0n) is 12.2. The molecule has 2 rings (SSSR count). The van der Waals surface area contributed by atoms with Crippen LogP contribution in [0.15, 0.2) is 63.9 Å². The van der Waals surface area contributed by atoms with Crippen LogP contribution in [0.3, 0.4) is 0 Å². The van der Waals surface area contributed by atoms with E-state index in [1.54, 1.807) is 42.5 Å². The molecule has 0 unspecified atom stereocenters. The van der Waals surface area contributed by atoms with Crippen molar-refractivity contribution in [2.24, 2.45) is 4.40 Å². The molecule has 0 radical (unpaired) electrons. The molecule has 0 N–H and O–H groups in total. The first-order valence-corrected chi connectivity index (χ1v) is 7.98. The van der Waals surface area contributed by atoms with E-state index in [-0.39, 0.29) is 10.8 Å². The van der Waals surface area contributed by atoms with E-state index in [0.29, 0.717) is 5.56 Å². The fraction of sp³-hybridized carbons (Fsp3) is 0.125. The van der Waals surface area contributed by atoms with Gasteiger partial charge < -0.3 is 4.74 Å². The van der Waals surface area contributed by atoms with Gasteiger partial charge in [-0.15, -0.1) is 4.40 Å². The van der Waals surface area contributed by atoms with Gasteiger partial charge in [0.2, 0.25) is 5.90 Å². The molecule has 2 aromatic rings. The standard InChI is InChI=1S/C16H15NO4S/c1-12-8-10-15(11-9-12)22(19,20)17-16(21-13(2)18)14-6-4-3-5-7-14/h3-11H,1-2H3/b17-16+. The van der Waals surface area contributed by atoms with Crippen LogP contribution in [0.2, 0.25) is 0 Å². The fourth-order valence-electron chi connectivity index (χ4n) is 1.72. The number of nitrogens with zero attached hydrogens (tertiary/aromatic N) is 1. The lowest BCUT2D eigenvalue weighted by atomic mass is 10.2. The Kier molecular flexibility index (Phi) is 4.72. The molecule has 0 atom stereocenters. The smallest absolute Gasteiger partial charge is 0.309 e. The number of esters is 1. The molecule has 5 nitrogen and oxygen atoms in total. The highest BCUT2D eigenvalue weighted by Crippen LogP contribution is 2.15. The molecule has 6 heteroatoms. The molecule has 0 heterocycles. The zero-order valence-corrected chi connectivity index (χ0v) is 13.0. The van der Waals surface area contributed by atoms with Crippen LogP contribution < -0.4 is 0 Å². The predicted molar refractivity (Wildman–Crippen MR) is 83.1 cm³/mol. The van der Waals surface area contributed by atoms with E-state index in [2.05, 4.69) is 4.40 Å². The topological polar surface area (TPSA) is 72.8 Å². The Morgan fingerprint density at radius 2 is 1.59 bits per heavy atom. The Labute approximate surface area is 129 Å². The molecule has 0 aliphatic rings. The summed E-state index contributed by atoms with van der Waals surface area (Å²) in [5.74, 6) is -0.879. The lowest BCUT2D eigenvalue weighted by Gasteiger charge is -2.06. The normalized spacial score (nSPS) is 12.0. The van der Waals surface area contributed by atoms with Crippen LogP contribution in [-0.2, 0) is 19.6 Å². The van der Waals surface area contributed by atoms with Crippen molar-refractivity contribution < 1.29 is 17.9 Å². The molecular formula is C16H15NO4S. The van der Waals surface area contributed by atoms with Crippen molar-refractivity contribution in [1.29, 1.82) is 0 Å². The molecule has 114 valence electrons. The highest BCUT2D eigenvalue weighted by molar-refractivity contribution is 7.90. The van der Waals surface area contributed by atoms with Crippen molar-refractivity contribution in [3.63, 3.8) is 0 Å². The van der Waals surface area contributed by atoms with Crippen molar-refractivity contribution in [3.05, 3.63) is 65.7 Å². The lowest BCUT2D eigenvalue weighted by Crippen LogP contribution is -2.13. The molecule has 0 spiro atoms. The quantitative estimate of drug-likeness (QED) is 0.495. The Balaban J connectivity index is 2.48. The molecule has 22 heavy (non-hydrogen) atoms. The number of rotatable bonds is 3. The van der Waals surface area contributed by atoms with Gasteiger partial charge in [-0.05, 0) is 31.2 Å². The van der Waals surface area contributed by atoms with Gasteiger partial charge in [0.05, 0.1) is 4.90 Å². The van der Waals surface area contributed by atoms with Crippen LogP contribution in [0.1, 0.15) is 18.1 Å². The molecule has 0 amide bonds. The minimum Gasteiger partial charge on any atom is -0.406 e. The van der Waals surface area contributed by atoms with Gasteiger partial charge in [-0.3, -0.25) is 4.79 Å². The Bertz CT molecular complexity index is 794. The summed E-state index contributed by atoms with van der Waals surface area (Å²) in [5, 5.41) is 0. The second-order valence-corrected chi connectivity index (χ2v) is 6.25. The molecule has 2 aromatic carbocycles. The molecule has 0 bridgehead atoms. The van der Waals surface area contributed by atoms with E-state index in [9.17, 15) is 13.2 Å². The number of hydrogen-bond donors (Lipinski definition) is 0. The number of aryl methyl sites for hydroxylation is 1. The van der Waals surface area contributed by atoms with Crippen molar-refractivity contribution in [3.8, 4) is 0 Å². The maximum Gasteiger partial charge on any atom is 0.309 e. The number of ether oxygens (including phenoxy) is 1. The van der Waals surface area contributed by atoms with Gasteiger partial charge >= 0.3 is 5.97 Å². The van der Waals surface area contributed by atoms with Gasteiger partial charge in [-0.25, -0.2) is 0 Å². The third kappa shape index (κ3) is 4.02. The van der Waals surface area contributed by atoms with Gasteiger partial charge in [0, 0.05) is 12.5 Å². The van der Waals surface area contributed by atoms with Gasteiger partial charge in [0.1, 0.15) is 0 Å². The average Bonchev–Trinajstić information content (AvgIpc) is 2.47. The molecule has 0 aliphatic carbocycles. The maximum atomic E-state index is 12.3. The van der Waals surface area contributed by atoms with Crippen LogP contribution in [0.25, 0.3) is 0 Å². The van der Waals surface area contributed by atoms with Crippen LogP contribution in [-0.4, -0.2) is 20.3 Å². The third-order valence-electron chi connectivity index (χ3n) is 2.78. The van der Waals surface area contributed by atoms with Crippen molar-refractivity contribution in [2.45, 2.75) is 18.7 Å². The highest BCUT2D eigenvalue weighted by Gasteiger charge is 2.17. The molecule has 0 saturated heterocycles. The minimum absolute atomic E-state index is 0.0404. The largest absolute Gasteiger partial charge is 0.406 e. The minimum atomic E-state index is -3.96. The van der Waals surface area contributed by atoms with Crippen LogP contribution in [0.4, 0.5) is 0 Å². The fourth-order valence-corrected chi connectivity index (χ4v) is 2.67. The number of sulfonamides is 1. The van der Waals surface area contributed by atoms with Crippen molar-refractivity contribution in [1.82, 2.24) is 0 Å². The van der Waals surface area contributed by atoms with Crippen LogP contribution >= 0.6 is 0 Å².